The molecule has 0 heteroatoms. The van der Waals surface area contributed by atoms with Gasteiger partial charge in [0, 0.05) is 0 Å². The number of fused-ring (bicyclic) bond motifs is 2. The van der Waals surface area contributed by atoms with E-state index in [2.05, 4.69) is 156 Å². The van der Waals surface area contributed by atoms with Crippen molar-refractivity contribution in [1.29, 1.82) is 0 Å². The average molecular weight is 1020 g/mol. The van der Waals surface area contributed by atoms with Gasteiger partial charge >= 0.3 is 0 Å². The largest absolute Gasteiger partial charge is 0.0654 e. The van der Waals surface area contributed by atoms with Crippen molar-refractivity contribution in [3.05, 3.63) is 160 Å². The number of aryl methyl sites for hydroxylation is 4. The zero-order chi connectivity index (χ0) is 54.1. The minimum Gasteiger partial charge on any atom is -0.0654 e. The highest BCUT2D eigenvalue weighted by atomic mass is 14.4. The molecule has 0 N–H and O–H groups in total. The van der Waals surface area contributed by atoms with E-state index in [1.54, 1.807) is 66.8 Å². The van der Waals surface area contributed by atoms with E-state index in [9.17, 15) is 0 Å². The summed E-state index contributed by atoms with van der Waals surface area (Å²) in [6.07, 6.45) is 32.8. The van der Waals surface area contributed by atoms with Crippen molar-refractivity contribution in [2.75, 3.05) is 0 Å². The molecule has 0 radical (unpaired) electrons. The van der Waals surface area contributed by atoms with E-state index < -0.39 is 0 Å². The molecule has 7 rings (SSSR count). The SMILES string of the molecule is CCCCc1ccc(-c2c(-c3ccc(CCCC)c(CC)c3CCCC)c(-c3ccc(CCCC)c(CC)c3CCCC)c3c(c2-c2ccc(CCCC)c(CC)c2CCCC)=c2ccccc2=3)c(CCCC)c1CC. The third-order valence-electron chi connectivity index (χ3n) is 17.9. The van der Waals surface area contributed by atoms with E-state index >= 15 is 0 Å². The van der Waals surface area contributed by atoms with Crippen LogP contribution in [0, 0.1) is 20.9 Å². The highest BCUT2D eigenvalue weighted by Gasteiger charge is 2.32. The fraction of sp³-hybridized carbons (Fsp3) is 0.526. The van der Waals surface area contributed by atoms with Gasteiger partial charge in [-0.15, -0.1) is 0 Å². The summed E-state index contributed by atoms with van der Waals surface area (Å²) in [6.45, 7) is 28.9. The Balaban J connectivity index is 1.90. The Morgan fingerprint density at radius 2 is 0.447 bits per heavy atom. The first-order valence-electron chi connectivity index (χ1n) is 32.2. The Hall–Kier alpha value is -4.68. The molecule has 0 atom stereocenters. The molecule has 0 aliphatic heterocycles. The number of unbranched alkanes of at least 4 members (excludes halogenated alkanes) is 8. The first-order valence-corrected chi connectivity index (χ1v) is 32.2. The Bertz CT molecular complexity index is 2860. The van der Waals surface area contributed by atoms with Crippen LogP contribution in [0.15, 0.2) is 72.8 Å². The molecular weight excluding hydrogens is 913 g/mol. The minimum atomic E-state index is 1.07. The van der Waals surface area contributed by atoms with Gasteiger partial charge in [-0.3, -0.25) is 0 Å². The van der Waals surface area contributed by atoms with Crippen LogP contribution in [0.5, 0.6) is 0 Å². The van der Waals surface area contributed by atoms with Crippen molar-refractivity contribution < 1.29 is 0 Å². The lowest BCUT2D eigenvalue weighted by molar-refractivity contribution is 0.765. The Kier molecular flexibility index (Phi) is 22.8. The lowest BCUT2D eigenvalue weighted by Gasteiger charge is -2.31. The molecule has 0 saturated carbocycles. The summed E-state index contributed by atoms with van der Waals surface area (Å²) >= 11 is 0. The minimum absolute atomic E-state index is 1.07. The van der Waals surface area contributed by atoms with Crippen molar-refractivity contribution in [2.45, 2.75) is 263 Å². The third kappa shape index (κ3) is 12.3. The van der Waals surface area contributed by atoms with Crippen LogP contribution in [-0.2, 0) is 77.0 Å². The second kappa shape index (κ2) is 29.3. The van der Waals surface area contributed by atoms with Crippen molar-refractivity contribution in [1.82, 2.24) is 0 Å². The molecule has 0 nitrogen and oxygen atoms in total. The second-order valence-electron chi connectivity index (χ2n) is 23.0. The molecule has 1 aliphatic rings. The monoisotopic (exact) mass is 1020 g/mol. The number of rotatable bonds is 32. The number of benzene rings is 6. The van der Waals surface area contributed by atoms with Crippen LogP contribution in [0.2, 0.25) is 0 Å². The van der Waals surface area contributed by atoms with Gasteiger partial charge in [0.15, 0.2) is 0 Å². The molecule has 0 aromatic heterocycles. The molecule has 0 spiro atoms. The summed E-state index contributed by atoms with van der Waals surface area (Å²) in [5.41, 5.74) is 31.5. The first-order chi connectivity index (χ1) is 37.3. The van der Waals surface area contributed by atoms with E-state index in [4.69, 9.17) is 0 Å². The molecule has 6 aromatic carbocycles. The highest BCUT2D eigenvalue weighted by molar-refractivity contribution is 6.05. The van der Waals surface area contributed by atoms with Gasteiger partial charge in [-0.05, 0) is 261 Å². The normalized spacial score (nSPS) is 11.8. The van der Waals surface area contributed by atoms with E-state index in [-0.39, 0.29) is 0 Å². The maximum atomic E-state index is 2.69. The van der Waals surface area contributed by atoms with Crippen LogP contribution < -0.4 is 0 Å². The molecule has 0 amide bonds. The van der Waals surface area contributed by atoms with Crippen LogP contribution in [0.25, 0.3) is 44.5 Å². The number of hydrogen-bond donors (Lipinski definition) is 0. The summed E-state index contributed by atoms with van der Waals surface area (Å²) in [7, 11) is 0. The van der Waals surface area contributed by atoms with Gasteiger partial charge in [0.05, 0.1) is 0 Å². The average Bonchev–Trinajstić information content (AvgIpc) is 3.59. The summed E-state index contributed by atoms with van der Waals surface area (Å²) in [5, 5.41) is 5.92. The molecule has 0 bridgehead atoms. The molecule has 0 heterocycles. The predicted octanol–water partition coefficient (Wildman–Crippen LogP) is 22.2. The maximum Gasteiger partial charge on any atom is -0.000730 e. The molecule has 1 aliphatic carbocycles. The molecule has 0 unspecified atom stereocenters. The molecule has 76 heavy (non-hydrogen) atoms. The third-order valence-corrected chi connectivity index (χ3v) is 17.9. The standard InChI is InChI=1S/C76H104/c1-13-25-35-53-45-49-67(61(39-29-17-5)57(53)21-9)73-71-65-43-33-34-44-66(65)72(71)74(68-50-46-54(36-26-14-2)58(22-10)62(68)40-30-18-6)76(70-52-48-56(38-28-16-4)60(24-12)64(70)42-32-20-8)75(73)69-51-47-55(37-27-15-3)59(23-11)63(69)41-31-19-7/h33-34,43-52H,13-32,35-42H2,1-12H3. The van der Waals surface area contributed by atoms with E-state index in [0.717, 1.165) is 77.0 Å². The van der Waals surface area contributed by atoms with Crippen LogP contribution in [0.3, 0.4) is 0 Å². The lowest BCUT2D eigenvalue weighted by Crippen LogP contribution is -2.12. The molecule has 0 fully saturated rings. The number of hydrogen-bond acceptors (Lipinski definition) is 0. The Labute approximate surface area is 465 Å². The van der Waals surface area contributed by atoms with Gasteiger partial charge in [-0.25, -0.2) is 0 Å². The summed E-state index contributed by atoms with van der Waals surface area (Å²) in [6, 6.07) is 30.8. The molecular formula is C76H104. The van der Waals surface area contributed by atoms with Crippen molar-refractivity contribution in [2.24, 2.45) is 0 Å². The molecule has 0 saturated heterocycles. The fourth-order valence-corrected chi connectivity index (χ4v) is 13.8. The van der Waals surface area contributed by atoms with Crippen molar-refractivity contribution >= 4 is 0 Å². The lowest BCUT2D eigenvalue weighted by atomic mass is 9.71. The van der Waals surface area contributed by atoms with Crippen molar-refractivity contribution in [3.63, 3.8) is 0 Å². The van der Waals surface area contributed by atoms with Crippen LogP contribution in [-0.4, -0.2) is 0 Å². The van der Waals surface area contributed by atoms with E-state index in [1.165, 1.54) is 168 Å². The van der Waals surface area contributed by atoms with Gasteiger partial charge in [-0.1, -0.05) is 207 Å². The highest BCUT2D eigenvalue weighted by Crippen LogP contribution is 2.54. The maximum absolute atomic E-state index is 2.69. The molecule has 6 aromatic rings. The van der Waals surface area contributed by atoms with Gasteiger partial charge < -0.3 is 0 Å². The van der Waals surface area contributed by atoms with E-state index in [1.807, 2.05) is 0 Å². The molecule has 408 valence electrons. The second-order valence-corrected chi connectivity index (χ2v) is 23.0. The zero-order valence-corrected chi connectivity index (χ0v) is 50.7. The van der Waals surface area contributed by atoms with Gasteiger partial charge in [0.2, 0.25) is 0 Å². The summed E-state index contributed by atoms with van der Waals surface area (Å²) in [5.74, 6) is 0. The van der Waals surface area contributed by atoms with E-state index in [0.29, 0.717) is 0 Å². The van der Waals surface area contributed by atoms with Crippen molar-refractivity contribution in [3.8, 4) is 44.5 Å². The van der Waals surface area contributed by atoms with Crippen LogP contribution >= 0.6 is 0 Å². The quantitative estimate of drug-likeness (QED) is 0.0394. The topological polar surface area (TPSA) is 0 Å². The predicted molar refractivity (Wildman–Crippen MR) is 336 cm³/mol. The van der Waals surface area contributed by atoms with Gasteiger partial charge in [-0.2, -0.15) is 0 Å². The van der Waals surface area contributed by atoms with Crippen LogP contribution in [0.1, 0.15) is 253 Å². The Morgan fingerprint density at radius 1 is 0.224 bits per heavy atom. The van der Waals surface area contributed by atoms with Gasteiger partial charge in [0.25, 0.3) is 0 Å². The zero-order valence-electron chi connectivity index (χ0n) is 50.7. The summed E-state index contributed by atoms with van der Waals surface area (Å²) in [4.78, 5) is 0. The fourth-order valence-electron chi connectivity index (χ4n) is 13.8. The Morgan fingerprint density at radius 3 is 0.671 bits per heavy atom. The smallest absolute Gasteiger partial charge is 0.000730 e. The first kappa shape index (κ1) is 59.0. The van der Waals surface area contributed by atoms with Crippen LogP contribution in [0.4, 0.5) is 0 Å². The summed E-state index contributed by atoms with van der Waals surface area (Å²) < 4.78 is 0. The van der Waals surface area contributed by atoms with Gasteiger partial charge in [0.1, 0.15) is 0 Å².